The van der Waals surface area contributed by atoms with E-state index in [4.69, 9.17) is 16.3 Å². The molecule has 2 rings (SSSR count). The van der Waals surface area contributed by atoms with Crippen molar-refractivity contribution in [3.63, 3.8) is 0 Å². The number of nitrogens with zero attached hydrogens (tertiary/aromatic N) is 2. The van der Waals surface area contributed by atoms with Crippen LogP contribution in [0.4, 0.5) is 5.69 Å². The molecule has 27 heavy (non-hydrogen) atoms. The quantitative estimate of drug-likeness (QED) is 0.316. The first-order valence-corrected chi connectivity index (χ1v) is 8.71. The zero-order chi connectivity index (χ0) is 19.8. The molecular formula is C19H20ClN3O4. The lowest BCUT2D eigenvalue weighted by molar-refractivity contribution is -0.384. The highest BCUT2D eigenvalue weighted by Crippen LogP contribution is 2.21. The third-order valence-corrected chi connectivity index (χ3v) is 4.00. The van der Waals surface area contributed by atoms with Gasteiger partial charge in [0, 0.05) is 29.1 Å². The summed E-state index contributed by atoms with van der Waals surface area (Å²) < 4.78 is 5.63. The van der Waals surface area contributed by atoms with Gasteiger partial charge in [-0.3, -0.25) is 14.9 Å². The summed E-state index contributed by atoms with van der Waals surface area (Å²) in [6.07, 6.45) is 0.775. The minimum atomic E-state index is -0.474. The molecular weight excluding hydrogens is 370 g/mol. The molecule has 1 amide bonds. The Balaban J connectivity index is 1.79. The SMILES string of the molecule is C/C(=N\NC(=O)CCCOc1ccc(Cl)cc1C)c1cccc([N+](=O)[O-])c1. The van der Waals surface area contributed by atoms with E-state index >= 15 is 0 Å². The summed E-state index contributed by atoms with van der Waals surface area (Å²) in [7, 11) is 0. The van der Waals surface area contributed by atoms with Crippen molar-refractivity contribution in [3.05, 3.63) is 68.7 Å². The minimum Gasteiger partial charge on any atom is -0.493 e. The third kappa shape index (κ3) is 6.38. The van der Waals surface area contributed by atoms with Crippen LogP contribution in [0, 0.1) is 17.0 Å². The molecule has 0 fully saturated rings. The number of nitro groups is 1. The second kappa shape index (κ2) is 9.68. The molecule has 0 saturated carbocycles. The first kappa shape index (κ1) is 20.4. The van der Waals surface area contributed by atoms with E-state index in [2.05, 4.69) is 10.5 Å². The van der Waals surface area contributed by atoms with E-state index in [0.29, 0.717) is 29.3 Å². The van der Waals surface area contributed by atoms with E-state index in [1.807, 2.05) is 13.0 Å². The number of benzene rings is 2. The average Bonchev–Trinajstić information content (AvgIpc) is 2.64. The van der Waals surface area contributed by atoms with E-state index in [9.17, 15) is 14.9 Å². The van der Waals surface area contributed by atoms with Crippen molar-refractivity contribution in [3.8, 4) is 5.75 Å². The van der Waals surface area contributed by atoms with Crippen molar-refractivity contribution < 1.29 is 14.5 Å². The van der Waals surface area contributed by atoms with Crippen molar-refractivity contribution in [2.75, 3.05) is 6.61 Å². The number of hydrogen-bond acceptors (Lipinski definition) is 5. The highest BCUT2D eigenvalue weighted by molar-refractivity contribution is 6.30. The van der Waals surface area contributed by atoms with Gasteiger partial charge in [-0.2, -0.15) is 5.10 Å². The Hall–Kier alpha value is -2.93. The molecule has 0 radical (unpaired) electrons. The van der Waals surface area contributed by atoms with E-state index < -0.39 is 4.92 Å². The molecule has 0 unspecified atom stereocenters. The Labute approximate surface area is 162 Å². The maximum absolute atomic E-state index is 11.9. The van der Waals surface area contributed by atoms with Crippen molar-refractivity contribution in [1.29, 1.82) is 0 Å². The standard InChI is InChI=1S/C19H20ClN3O4/c1-13-11-16(20)8-9-18(13)27-10-4-7-19(24)22-21-14(2)15-5-3-6-17(12-15)23(25)26/h3,5-6,8-9,11-12H,4,7,10H2,1-2H3,(H,22,24)/b21-14+. The van der Waals surface area contributed by atoms with Gasteiger partial charge in [-0.1, -0.05) is 23.7 Å². The molecule has 1 N–H and O–H groups in total. The normalized spacial score (nSPS) is 11.1. The second-order valence-electron chi connectivity index (χ2n) is 5.90. The number of hydrazone groups is 1. The van der Waals surface area contributed by atoms with Gasteiger partial charge in [-0.05, 0) is 44.0 Å². The summed E-state index contributed by atoms with van der Waals surface area (Å²) >= 11 is 5.89. The molecule has 2 aromatic carbocycles. The van der Waals surface area contributed by atoms with Crippen LogP contribution >= 0.6 is 11.6 Å². The van der Waals surface area contributed by atoms with Crippen molar-refractivity contribution >= 4 is 28.9 Å². The minimum absolute atomic E-state index is 0.0250. The number of non-ortho nitro benzene ring substituents is 1. The van der Waals surface area contributed by atoms with Gasteiger partial charge >= 0.3 is 0 Å². The van der Waals surface area contributed by atoms with Crippen molar-refractivity contribution in [2.45, 2.75) is 26.7 Å². The number of rotatable bonds is 8. The molecule has 8 heteroatoms. The monoisotopic (exact) mass is 389 g/mol. The summed E-state index contributed by atoms with van der Waals surface area (Å²) in [6.45, 7) is 3.97. The summed E-state index contributed by atoms with van der Waals surface area (Å²) in [5.74, 6) is 0.482. The van der Waals surface area contributed by atoms with E-state index in [-0.39, 0.29) is 18.0 Å². The Kier molecular flexibility index (Phi) is 7.31. The molecule has 0 aliphatic heterocycles. The number of halogens is 1. The van der Waals surface area contributed by atoms with E-state index in [0.717, 1.165) is 11.3 Å². The number of hydrogen-bond donors (Lipinski definition) is 1. The van der Waals surface area contributed by atoms with Crippen LogP contribution in [0.15, 0.2) is 47.6 Å². The topological polar surface area (TPSA) is 93.8 Å². The smallest absolute Gasteiger partial charge is 0.270 e. The van der Waals surface area contributed by atoms with Gasteiger partial charge in [0.25, 0.3) is 5.69 Å². The van der Waals surface area contributed by atoms with Gasteiger partial charge in [0.1, 0.15) is 5.75 Å². The van der Waals surface area contributed by atoms with Crippen LogP contribution in [0.2, 0.25) is 5.02 Å². The number of ether oxygens (including phenoxy) is 1. The Bertz CT molecular complexity index is 868. The van der Waals surface area contributed by atoms with Gasteiger partial charge in [-0.15, -0.1) is 0 Å². The zero-order valence-electron chi connectivity index (χ0n) is 15.1. The molecule has 2 aromatic rings. The van der Waals surface area contributed by atoms with Gasteiger partial charge < -0.3 is 4.74 Å². The number of carbonyl (C=O) groups is 1. The van der Waals surface area contributed by atoms with Crippen LogP contribution in [0.25, 0.3) is 0 Å². The largest absolute Gasteiger partial charge is 0.493 e. The highest BCUT2D eigenvalue weighted by atomic mass is 35.5. The lowest BCUT2D eigenvalue weighted by Crippen LogP contribution is -2.19. The fourth-order valence-electron chi connectivity index (χ4n) is 2.30. The van der Waals surface area contributed by atoms with Crippen LogP contribution in [0.5, 0.6) is 5.75 Å². The van der Waals surface area contributed by atoms with Crippen molar-refractivity contribution in [1.82, 2.24) is 5.43 Å². The van der Waals surface area contributed by atoms with Gasteiger partial charge in [-0.25, -0.2) is 5.43 Å². The van der Waals surface area contributed by atoms with E-state index in [1.54, 1.807) is 31.2 Å². The highest BCUT2D eigenvalue weighted by Gasteiger charge is 2.08. The van der Waals surface area contributed by atoms with E-state index in [1.165, 1.54) is 12.1 Å². The first-order chi connectivity index (χ1) is 12.9. The van der Waals surface area contributed by atoms with Crippen LogP contribution in [0.1, 0.15) is 30.9 Å². The Morgan fingerprint density at radius 3 is 2.78 bits per heavy atom. The lowest BCUT2D eigenvalue weighted by Gasteiger charge is -2.09. The molecule has 7 nitrogen and oxygen atoms in total. The lowest BCUT2D eigenvalue weighted by atomic mass is 10.1. The fourth-order valence-corrected chi connectivity index (χ4v) is 2.53. The number of amides is 1. The average molecular weight is 390 g/mol. The van der Waals surface area contributed by atoms with Crippen LogP contribution < -0.4 is 10.2 Å². The molecule has 0 aliphatic carbocycles. The molecule has 0 heterocycles. The summed E-state index contributed by atoms with van der Waals surface area (Å²) in [6, 6.07) is 11.4. The third-order valence-electron chi connectivity index (χ3n) is 3.77. The van der Waals surface area contributed by atoms with Crippen molar-refractivity contribution in [2.24, 2.45) is 5.10 Å². The second-order valence-corrected chi connectivity index (χ2v) is 6.34. The molecule has 0 atom stereocenters. The molecule has 0 bridgehead atoms. The molecule has 0 aliphatic rings. The summed E-state index contributed by atoms with van der Waals surface area (Å²) in [5, 5.41) is 15.5. The number of nitro benzene ring substituents is 1. The Morgan fingerprint density at radius 2 is 2.07 bits per heavy atom. The number of carbonyl (C=O) groups excluding carboxylic acids is 1. The molecule has 0 spiro atoms. The van der Waals surface area contributed by atoms with Crippen LogP contribution in [-0.2, 0) is 4.79 Å². The number of aryl methyl sites for hydroxylation is 1. The maximum Gasteiger partial charge on any atom is 0.270 e. The maximum atomic E-state index is 11.9. The molecule has 0 aromatic heterocycles. The van der Waals surface area contributed by atoms with Gasteiger partial charge in [0.2, 0.25) is 5.91 Å². The predicted molar refractivity (Wildman–Crippen MR) is 104 cm³/mol. The summed E-state index contributed by atoms with van der Waals surface area (Å²) in [4.78, 5) is 22.2. The molecule has 142 valence electrons. The first-order valence-electron chi connectivity index (χ1n) is 8.33. The van der Waals surface area contributed by atoms with Gasteiger partial charge in [0.15, 0.2) is 0 Å². The molecule has 0 saturated heterocycles. The fraction of sp³-hybridized carbons (Fsp3) is 0.263. The Morgan fingerprint density at radius 1 is 1.30 bits per heavy atom. The van der Waals surface area contributed by atoms with Gasteiger partial charge in [0.05, 0.1) is 17.2 Å². The van der Waals surface area contributed by atoms with Crippen LogP contribution in [0.3, 0.4) is 0 Å². The number of nitrogens with one attached hydrogen (secondary N) is 1. The summed E-state index contributed by atoms with van der Waals surface area (Å²) in [5.41, 5.74) is 4.42. The van der Waals surface area contributed by atoms with Crippen LogP contribution in [-0.4, -0.2) is 23.1 Å². The zero-order valence-corrected chi connectivity index (χ0v) is 15.8. The predicted octanol–water partition coefficient (Wildman–Crippen LogP) is 4.26.